The Balaban J connectivity index is 2.08. The largest absolute Gasteiger partial charge is 0.383 e. The molecule has 20 heavy (non-hydrogen) atoms. The number of benzene rings is 1. The van der Waals surface area contributed by atoms with Crippen LogP contribution in [-0.4, -0.2) is 9.55 Å². The van der Waals surface area contributed by atoms with Crippen LogP contribution in [0, 0.1) is 0 Å². The third kappa shape index (κ3) is 2.53. The highest BCUT2D eigenvalue weighted by molar-refractivity contribution is 9.13. The van der Waals surface area contributed by atoms with Crippen LogP contribution in [0.15, 0.2) is 27.1 Å². The molecular weight excluding hydrogens is 382 g/mol. The summed E-state index contributed by atoms with van der Waals surface area (Å²) in [6.45, 7) is 2.18. The predicted molar refractivity (Wildman–Crippen MR) is 89.7 cm³/mol. The molecule has 0 amide bonds. The summed E-state index contributed by atoms with van der Waals surface area (Å²) in [5.74, 6) is 1.94. The highest BCUT2D eigenvalue weighted by atomic mass is 79.9. The molecule has 0 unspecified atom stereocenters. The van der Waals surface area contributed by atoms with Crippen molar-refractivity contribution in [1.82, 2.24) is 9.55 Å². The van der Waals surface area contributed by atoms with Crippen molar-refractivity contribution in [3.63, 3.8) is 0 Å². The lowest BCUT2D eigenvalue weighted by Crippen LogP contribution is -2.05. The lowest BCUT2D eigenvalue weighted by Gasteiger charge is -2.07. The van der Waals surface area contributed by atoms with Crippen molar-refractivity contribution in [3.05, 3.63) is 33.0 Å². The number of hydrogen-bond acceptors (Lipinski definition) is 2. The Morgan fingerprint density at radius 3 is 2.65 bits per heavy atom. The van der Waals surface area contributed by atoms with Gasteiger partial charge in [0, 0.05) is 27.0 Å². The number of imidazole rings is 1. The fraction of sp³-hybridized carbons (Fsp3) is 0.400. The number of rotatable bonds is 4. The van der Waals surface area contributed by atoms with E-state index in [1.807, 2.05) is 6.07 Å². The molecule has 1 aliphatic carbocycles. The van der Waals surface area contributed by atoms with Crippen LogP contribution >= 0.6 is 31.9 Å². The second kappa shape index (κ2) is 5.53. The van der Waals surface area contributed by atoms with Gasteiger partial charge in [0.1, 0.15) is 17.3 Å². The van der Waals surface area contributed by atoms with Crippen LogP contribution in [0.3, 0.4) is 0 Å². The van der Waals surface area contributed by atoms with Crippen LogP contribution in [0.1, 0.15) is 38.1 Å². The normalized spacial score (nSPS) is 14.8. The molecule has 3 nitrogen and oxygen atoms in total. The van der Waals surface area contributed by atoms with Crippen molar-refractivity contribution < 1.29 is 0 Å². The van der Waals surface area contributed by atoms with E-state index >= 15 is 0 Å². The standard InChI is InChI=1S/C15H17Br2N3/c1-2-3-13-19-14(15(18)20(13)10-5-6-10)9-4-7-11(16)12(17)8-9/h4,7-8,10H,2-3,5-6,18H2,1H3. The van der Waals surface area contributed by atoms with Gasteiger partial charge >= 0.3 is 0 Å². The number of nitrogen functional groups attached to an aromatic ring is 1. The molecule has 1 saturated carbocycles. The third-order valence-electron chi connectivity index (χ3n) is 3.60. The summed E-state index contributed by atoms with van der Waals surface area (Å²) in [6, 6.07) is 6.71. The summed E-state index contributed by atoms with van der Waals surface area (Å²) in [4.78, 5) is 4.80. The van der Waals surface area contributed by atoms with Gasteiger partial charge in [-0.1, -0.05) is 13.0 Å². The number of nitrogens with two attached hydrogens (primary N) is 1. The Labute approximate surface area is 135 Å². The minimum atomic E-state index is 0.566. The monoisotopic (exact) mass is 397 g/mol. The number of hydrogen-bond donors (Lipinski definition) is 1. The molecule has 0 atom stereocenters. The Hall–Kier alpha value is -0.810. The van der Waals surface area contributed by atoms with Gasteiger partial charge in [-0.15, -0.1) is 0 Å². The van der Waals surface area contributed by atoms with Gasteiger partial charge < -0.3 is 10.3 Å². The highest BCUT2D eigenvalue weighted by Crippen LogP contribution is 2.41. The topological polar surface area (TPSA) is 43.8 Å². The summed E-state index contributed by atoms with van der Waals surface area (Å²) in [5, 5.41) is 0. The molecule has 2 aromatic rings. The maximum atomic E-state index is 6.37. The van der Waals surface area contributed by atoms with Crippen molar-refractivity contribution in [2.45, 2.75) is 38.6 Å². The van der Waals surface area contributed by atoms with E-state index < -0.39 is 0 Å². The molecule has 0 spiro atoms. The van der Waals surface area contributed by atoms with Gasteiger partial charge in [-0.2, -0.15) is 0 Å². The van der Waals surface area contributed by atoms with E-state index in [4.69, 9.17) is 10.7 Å². The molecule has 1 aromatic carbocycles. The van der Waals surface area contributed by atoms with Crippen LogP contribution in [0.2, 0.25) is 0 Å². The molecule has 1 fully saturated rings. The molecule has 0 aliphatic heterocycles. The molecular formula is C15H17Br2N3. The molecule has 2 N–H and O–H groups in total. The number of aryl methyl sites for hydroxylation is 1. The van der Waals surface area contributed by atoms with Gasteiger partial charge in [-0.3, -0.25) is 0 Å². The van der Waals surface area contributed by atoms with E-state index in [1.165, 1.54) is 12.8 Å². The fourth-order valence-electron chi connectivity index (χ4n) is 2.49. The minimum Gasteiger partial charge on any atom is -0.383 e. The van der Waals surface area contributed by atoms with E-state index in [0.717, 1.165) is 44.7 Å². The van der Waals surface area contributed by atoms with Crippen molar-refractivity contribution in [2.24, 2.45) is 0 Å². The SMILES string of the molecule is CCCc1nc(-c2ccc(Br)c(Br)c2)c(N)n1C1CC1. The molecule has 1 aromatic heterocycles. The second-order valence-electron chi connectivity index (χ2n) is 5.24. The van der Waals surface area contributed by atoms with E-state index in [-0.39, 0.29) is 0 Å². The summed E-state index contributed by atoms with van der Waals surface area (Å²) in [7, 11) is 0. The Kier molecular flexibility index (Phi) is 3.91. The Bertz CT molecular complexity index is 645. The van der Waals surface area contributed by atoms with Crippen molar-refractivity contribution in [3.8, 4) is 11.3 Å². The molecule has 3 rings (SSSR count). The lowest BCUT2D eigenvalue weighted by molar-refractivity contribution is 0.676. The predicted octanol–water partition coefficient (Wildman–Crippen LogP) is 4.94. The highest BCUT2D eigenvalue weighted by Gasteiger charge is 2.29. The summed E-state index contributed by atoms with van der Waals surface area (Å²) < 4.78 is 4.30. The van der Waals surface area contributed by atoms with E-state index in [2.05, 4.69) is 55.5 Å². The fourth-order valence-corrected chi connectivity index (χ4v) is 3.11. The van der Waals surface area contributed by atoms with Crippen LogP contribution < -0.4 is 5.73 Å². The number of aromatic nitrogens is 2. The molecule has 0 saturated heterocycles. The number of halogens is 2. The Morgan fingerprint density at radius 1 is 1.30 bits per heavy atom. The summed E-state index contributed by atoms with van der Waals surface area (Å²) >= 11 is 7.04. The zero-order valence-corrected chi connectivity index (χ0v) is 14.5. The first-order chi connectivity index (χ1) is 9.61. The third-order valence-corrected chi connectivity index (χ3v) is 5.48. The van der Waals surface area contributed by atoms with Crippen molar-refractivity contribution in [1.29, 1.82) is 0 Å². The van der Waals surface area contributed by atoms with Gasteiger partial charge in [-0.25, -0.2) is 4.98 Å². The van der Waals surface area contributed by atoms with E-state index in [0.29, 0.717) is 6.04 Å². The van der Waals surface area contributed by atoms with Crippen LogP contribution in [0.4, 0.5) is 5.82 Å². The van der Waals surface area contributed by atoms with Crippen LogP contribution in [-0.2, 0) is 6.42 Å². The average molecular weight is 399 g/mol. The maximum absolute atomic E-state index is 6.37. The van der Waals surface area contributed by atoms with Gasteiger partial charge in [0.15, 0.2) is 0 Å². The second-order valence-corrected chi connectivity index (χ2v) is 6.95. The first kappa shape index (κ1) is 14.1. The molecule has 1 heterocycles. The van der Waals surface area contributed by atoms with Crippen LogP contribution in [0.25, 0.3) is 11.3 Å². The first-order valence-corrected chi connectivity index (χ1v) is 8.52. The Morgan fingerprint density at radius 2 is 2.05 bits per heavy atom. The van der Waals surface area contributed by atoms with Gasteiger partial charge in [0.25, 0.3) is 0 Å². The molecule has 106 valence electrons. The summed E-state index contributed by atoms with van der Waals surface area (Å²) in [5.41, 5.74) is 8.34. The zero-order valence-electron chi connectivity index (χ0n) is 11.4. The molecule has 0 bridgehead atoms. The number of nitrogens with zero attached hydrogens (tertiary/aromatic N) is 2. The van der Waals surface area contributed by atoms with Crippen molar-refractivity contribution >= 4 is 37.7 Å². The average Bonchev–Trinajstić information content (AvgIpc) is 3.19. The number of anilines is 1. The summed E-state index contributed by atoms with van der Waals surface area (Å²) in [6.07, 6.45) is 4.52. The maximum Gasteiger partial charge on any atom is 0.131 e. The first-order valence-electron chi connectivity index (χ1n) is 6.93. The molecule has 0 radical (unpaired) electrons. The van der Waals surface area contributed by atoms with Gasteiger partial charge in [-0.05, 0) is 63.3 Å². The van der Waals surface area contributed by atoms with E-state index in [9.17, 15) is 0 Å². The van der Waals surface area contributed by atoms with E-state index in [1.54, 1.807) is 0 Å². The molecule has 5 heteroatoms. The van der Waals surface area contributed by atoms with Crippen molar-refractivity contribution in [2.75, 3.05) is 5.73 Å². The quantitative estimate of drug-likeness (QED) is 0.792. The van der Waals surface area contributed by atoms with Gasteiger partial charge in [0.2, 0.25) is 0 Å². The van der Waals surface area contributed by atoms with Gasteiger partial charge in [0.05, 0.1) is 0 Å². The zero-order chi connectivity index (χ0) is 14.3. The minimum absolute atomic E-state index is 0.566. The smallest absolute Gasteiger partial charge is 0.131 e. The lowest BCUT2D eigenvalue weighted by atomic mass is 10.1. The van der Waals surface area contributed by atoms with Crippen LogP contribution in [0.5, 0.6) is 0 Å². The molecule has 1 aliphatic rings.